The van der Waals surface area contributed by atoms with Gasteiger partial charge in [0, 0.05) is 18.7 Å². The molecule has 0 bridgehead atoms. The van der Waals surface area contributed by atoms with Gasteiger partial charge in [-0.25, -0.2) is 8.42 Å². The fraction of sp³-hybridized carbons (Fsp3) is 0.385. The molecule has 1 aromatic rings. The summed E-state index contributed by atoms with van der Waals surface area (Å²) in [6.07, 6.45) is 0. The average Bonchev–Trinajstić information content (AvgIpc) is 2.35. The molecule has 0 saturated heterocycles. The van der Waals surface area contributed by atoms with Gasteiger partial charge in [0.15, 0.2) is 0 Å². The fourth-order valence-corrected chi connectivity index (χ4v) is 2.88. The maximum absolute atomic E-state index is 12.4. The summed E-state index contributed by atoms with van der Waals surface area (Å²) in [7, 11) is -2.01. The molecule has 4 nitrogen and oxygen atoms in total. The van der Waals surface area contributed by atoms with E-state index in [-0.39, 0.29) is 17.5 Å². The van der Waals surface area contributed by atoms with Crippen LogP contribution in [0.15, 0.2) is 29.2 Å². The van der Waals surface area contributed by atoms with Crippen LogP contribution in [0.1, 0.15) is 19.4 Å². The van der Waals surface area contributed by atoms with Gasteiger partial charge in [0.2, 0.25) is 10.0 Å². The van der Waals surface area contributed by atoms with E-state index < -0.39 is 10.0 Å². The summed E-state index contributed by atoms with van der Waals surface area (Å²) < 4.78 is 26.0. The molecule has 0 aliphatic carbocycles. The van der Waals surface area contributed by atoms with Crippen LogP contribution in [0.25, 0.3) is 0 Å². The first kappa shape index (κ1) is 14.7. The average molecular weight is 267 g/mol. The Hall–Kier alpha value is -1.35. The molecule has 0 amide bonds. The summed E-state index contributed by atoms with van der Waals surface area (Å²) >= 11 is 0. The number of hydrogen-bond donors (Lipinski definition) is 1. The van der Waals surface area contributed by atoms with Crippen LogP contribution in [0.4, 0.5) is 0 Å². The summed E-state index contributed by atoms with van der Waals surface area (Å²) in [4.78, 5) is 0.169. The lowest BCUT2D eigenvalue weighted by atomic mass is 10.2. The van der Waals surface area contributed by atoms with Crippen molar-refractivity contribution in [3.8, 4) is 11.8 Å². The predicted molar refractivity (Wildman–Crippen MR) is 70.5 cm³/mol. The summed E-state index contributed by atoms with van der Waals surface area (Å²) in [5.41, 5.74) is 0.402. The second-order valence-corrected chi connectivity index (χ2v) is 6.04. The highest BCUT2D eigenvalue weighted by Gasteiger charge is 2.24. The molecule has 98 valence electrons. The van der Waals surface area contributed by atoms with Crippen molar-refractivity contribution in [3.63, 3.8) is 0 Å². The summed E-state index contributed by atoms with van der Waals surface area (Å²) in [5.74, 6) is 5.12. The van der Waals surface area contributed by atoms with Crippen molar-refractivity contribution < 1.29 is 13.5 Å². The lowest BCUT2D eigenvalue weighted by Crippen LogP contribution is -2.33. The number of aliphatic hydroxyl groups excluding tert-OH is 1. The highest BCUT2D eigenvalue weighted by molar-refractivity contribution is 7.89. The van der Waals surface area contributed by atoms with Crippen molar-refractivity contribution in [3.05, 3.63) is 29.8 Å². The van der Waals surface area contributed by atoms with Crippen LogP contribution in [0.3, 0.4) is 0 Å². The minimum absolute atomic E-state index is 0.131. The second kappa shape index (κ2) is 6.01. The predicted octanol–water partition coefficient (Wildman–Crippen LogP) is 1.06. The van der Waals surface area contributed by atoms with Gasteiger partial charge in [-0.1, -0.05) is 24.0 Å². The Morgan fingerprint density at radius 1 is 1.33 bits per heavy atom. The van der Waals surface area contributed by atoms with E-state index in [1.165, 1.54) is 17.4 Å². The van der Waals surface area contributed by atoms with Crippen LogP contribution >= 0.6 is 0 Å². The molecule has 0 heterocycles. The third-order valence-electron chi connectivity index (χ3n) is 2.57. The number of sulfonamides is 1. The van der Waals surface area contributed by atoms with Crippen molar-refractivity contribution in [2.45, 2.75) is 24.8 Å². The van der Waals surface area contributed by atoms with Crippen LogP contribution in [0.5, 0.6) is 0 Å². The Labute approximate surface area is 108 Å². The molecular formula is C13H17NO3S. The van der Waals surface area contributed by atoms with Crippen LogP contribution in [0.2, 0.25) is 0 Å². The Balaban J connectivity index is 3.33. The molecule has 1 N–H and O–H groups in total. The van der Waals surface area contributed by atoms with E-state index in [2.05, 4.69) is 11.8 Å². The third-order valence-corrected chi connectivity index (χ3v) is 4.67. The van der Waals surface area contributed by atoms with E-state index in [4.69, 9.17) is 5.11 Å². The van der Waals surface area contributed by atoms with Gasteiger partial charge in [-0.2, -0.15) is 4.31 Å². The fourth-order valence-electron chi connectivity index (χ4n) is 1.36. The zero-order valence-electron chi connectivity index (χ0n) is 10.7. The van der Waals surface area contributed by atoms with Gasteiger partial charge in [-0.15, -0.1) is 0 Å². The lowest BCUT2D eigenvalue weighted by Gasteiger charge is -2.21. The number of nitrogens with zero attached hydrogens (tertiary/aromatic N) is 1. The summed E-state index contributed by atoms with van der Waals surface area (Å²) in [6, 6.07) is 6.40. The normalized spacial score (nSPS) is 11.4. The zero-order chi connectivity index (χ0) is 13.8. The van der Waals surface area contributed by atoms with E-state index >= 15 is 0 Å². The number of hydrogen-bond acceptors (Lipinski definition) is 3. The molecule has 0 atom stereocenters. The van der Waals surface area contributed by atoms with Crippen LogP contribution in [-0.2, 0) is 10.0 Å². The molecule has 0 aliphatic heterocycles. The molecule has 0 fully saturated rings. The lowest BCUT2D eigenvalue weighted by molar-refractivity contribution is 0.350. The molecule has 1 rings (SSSR count). The van der Waals surface area contributed by atoms with Crippen LogP contribution in [-0.4, -0.2) is 37.5 Å². The number of aliphatic hydroxyl groups is 1. The highest BCUT2D eigenvalue weighted by atomic mass is 32.2. The van der Waals surface area contributed by atoms with Gasteiger partial charge in [-0.05, 0) is 26.0 Å². The number of rotatable bonds is 3. The van der Waals surface area contributed by atoms with Gasteiger partial charge >= 0.3 is 0 Å². The zero-order valence-corrected chi connectivity index (χ0v) is 11.5. The summed E-state index contributed by atoms with van der Waals surface area (Å²) in [5, 5.41) is 8.69. The molecule has 0 unspecified atom stereocenters. The van der Waals surface area contributed by atoms with Gasteiger partial charge in [0.1, 0.15) is 6.61 Å². The Bertz CT molecular complexity index is 567. The van der Waals surface area contributed by atoms with Crippen molar-refractivity contribution in [2.75, 3.05) is 13.7 Å². The first-order valence-electron chi connectivity index (χ1n) is 5.58. The molecule has 1 aromatic carbocycles. The molecule has 18 heavy (non-hydrogen) atoms. The molecular weight excluding hydrogens is 250 g/mol. The van der Waals surface area contributed by atoms with Crippen molar-refractivity contribution in [1.29, 1.82) is 0 Å². The van der Waals surface area contributed by atoms with E-state index in [1.54, 1.807) is 32.0 Å². The van der Waals surface area contributed by atoms with E-state index in [9.17, 15) is 8.42 Å². The van der Waals surface area contributed by atoms with E-state index in [1.807, 2.05) is 0 Å². The minimum atomic E-state index is -3.55. The Kier molecular flexibility index (Phi) is 4.91. The highest BCUT2D eigenvalue weighted by Crippen LogP contribution is 2.19. The van der Waals surface area contributed by atoms with E-state index in [0.29, 0.717) is 5.56 Å². The molecule has 0 spiro atoms. The molecule has 5 heteroatoms. The SMILES string of the molecule is CC(C)N(C)S(=O)(=O)c1ccccc1C#CCO. The van der Waals surface area contributed by atoms with Crippen LogP contribution in [0, 0.1) is 11.8 Å². The summed E-state index contributed by atoms with van der Waals surface area (Å²) in [6.45, 7) is 3.31. The topological polar surface area (TPSA) is 57.6 Å². The standard InChI is InChI=1S/C13H17NO3S/c1-11(2)14(3)18(16,17)13-9-5-4-7-12(13)8-6-10-15/h4-5,7,9,11,15H,10H2,1-3H3. The first-order chi connectivity index (χ1) is 8.41. The molecule has 0 aromatic heterocycles. The first-order valence-corrected chi connectivity index (χ1v) is 7.02. The Morgan fingerprint density at radius 2 is 1.94 bits per heavy atom. The number of benzene rings is 1. The van der Waals surface area contributed by atoms with Crippen molar-refractivity contribution in [1.82, 2.24) is 4.31 Å². The van der Waals surface area contributed by atoms with Gasteiger partial charge in [-0.3, -0.25) is 0 Å². The Morgan fingerprint density at radius 3 is 2.50 bits per heavy atom. The van der Waals surface area contributed by atoms with Gasteiger partial charge < -0.3 is 5.11 Å². The van der Waals surface area contributed by atoms with Crippen LogP contribution < -0.4 is 0 Å². The molecule has 0 aliphatic rings. The third kappa shape index (κ3) is 3.10. The van der Waals surface area contributed by atoms with Crippen molar-refractivity contribution in [2.24, 2.45) is 0 Å². The minimum Gasteiger partial charge on any atom is -0.384 e. The monoisotopic (exact) mass is 267 g/mol. The molecule has 0 radical (unpaired) electrons. The largest absolute Gasteiger partial charge is 0.384 e. The van der Waals surface area contributed by atoms with Crippen molar-refractivity contribution >= 4 is 10.0 Å². The van der Waals surface area contributed by atoms with Gasteiger partial charge in [0.25, 0.3) is 0 Å². The maximum Gasteiger partial charge on any atom is 0.244 e. The second-order valence-electron chi connectivity index (χ2n) is 4.07. The quantitative estimate of drug-likeness (QED) is 0.833. The molecule has 0 saturated carbocycles. The smallest absolute Gasteiger partial charge is 0.244 e. The maximum atomic E-state index is 12.4. The van der Waals surface area contributed by atoms with E-state index in [0.717, 1.165) is 0 Å². The van der Waals surface area contributed by atoms with Gasteiger partial charge in [0.05, 0.1) is 4.90 Å².